The van der Waals surface area contributed by atoms with Crippen molar-refractivity contribution in [1.82, 2.24) is 0 Å². The standard InChI is InChI=1S/C25H43FO/c1-5-8-9-10-11-12-18-23(25(6-2,7-3)27-4)19-14-13-16-22-17-15-20-24(26)21-22/h15,17,20-21,23H,5-14,16,18-19H2,1-4H3. The zero-order valence-corrected chi connectivity index (χ0v) is 18.4. The maximum atomic E-state index is 13.3. The SMILES string of the molecule is CCCCCCCCC(CCCCc1cccc(F)c1)C(CC)(CC)OC. The van der Waals surface area contributed by atoms with Gasteiger partial charge in [0.25, 0.3) is 0 Å². The molecule has 0 spiro atoms. The third-order valence-electron chi connectivity index (χ3n) is 6.41. The molecule has 1 aromatic carbocycles. The van der Waals surface area contributed by atoms with E-state index in [-0.39, 0.29) is 11.4 Å². The maximum Gasteiger partial charge on any atom is 0.123 e. The molecule has 0 saturated heterocycles. The van der Waals surface area contributed by atoms with Crippen LogP contribution in [0.2, 0.25) is 0 Å². The van der Waals surface area contributed by atoms with E-state index >= 15 is 0 Å². The summed E-state index contributed by atoms with van der Waals surface area (Å²) in [6.07, 6.45) is 16.1. The Hall–Kier alpha value is -0.890. The van der Waals surface area contributed by atoms with Gasteiger partial charge in [0.15, 0.2) is 0 Å². The first-order valence-electron chi connectivity index (χ1n) is 11.4. The Labute approximate surface area is 168 Å². The van der Waals surface area contributed by atoms with Crippen LogP contribution < -0.4 is 0 Å². The van der Waals surface area contributed by atoms with Crippen molar-refractivity contribution >= 4 is 0 Å². The predicted octanol–water partition coefficient (Wildman–Crippen LogP) is 8.11. The molecule has 0 bridgehead atoms. The third kappa shape index (κ3) is 8.77. The molecule has 0 aliphatic heterocycles. The van der Waals surface area contributed by atoms with E-state index in [1.165, 1.54) is 63.9 Å². The molecule has 0 N–H and O–H groups in total. The first-order chi connectivity index (χ1) is 13.1. The van der Waals surface area contributed by atoms with Crippen LogP contribution in [-0.2, 0) is 11.2 Å². The van der Waals surface area contributed by atoms with Crippen molar-refractivity contribution in [2.45, 2.75) is 110 Å². The molecule has 2 heteroatoms. The van der Waals surface area contributed by atoms with Crippen LogP contribution in [-0.4, -0.2) is 12.7 Å². The van der Waals surface area contributed by atoms with Crippen molar-refractivity contribution in [3.63, 3.8) is 0 Å². The highest BCUT2D eigenvalue weighted by Gasteiger charge is 2.34. The topological polar surface area (TPSA) is 9.23 Å². The number of methoxy groups -OCH3 is 1. The molecule has 156 valence electrons. The molecule has 0 aliphatic carbocycles. The van der Waals surface area contributed by atoms with Gasteiger partial charge in [-0.2, -0.15) is 0 Å². The first kappa shape index (κ1) is 24.1. The summed E-state index contributed by atoms with van der Waals surface area (Å²) < 4.78 is 19.4. The average Bonchev–Trinajstić information content (AvgIpc) is 2.68. The van der Waals surface area contributed by atoms with Crippen molar-refractivity contribution in [3.8, 4) is 0 Å². The largest absolute Gasteiger partial charge is 0.378 e. The quantitative estimate of drug-likeness (QED) is 0.264. The lowest BCUT2D eigenvalue weighted by atomic mass is 9.76. The summed E-state index contributed by atoms with van der Waals surface area (Å²) >= 11 is 0. The van der Waals surface area contributed by atoms with Gasteiger partial charge < -0.3 is 4.74 Å². The van der Waals surface area contributed by atoms with Crippen LogP contribution in [0.25, 0.3) is 0 Å². The minimum atomic E-state index is -0.121. The molecule has 27 heavy (non-hydrogen) atoms. The number of rotatable bonds is 16. The molecule has 1 aromatic rings. The fourth-order valence-electron chi connectivity index (χ4n) is 4.54. The second kappa shape index (κ2) is 14.2. The van der Waals surface area contributed by atoms with Gasteiger partial charge in [-0.05, 0) is 62.1 Å². The molecule has 0 aromatic heterocycles. The highest BCUT2D eigenvalue weighted by atomic mass is 19.1. The van der Waals surface area contributed by atoms with E-state index in [4.69, 9.17) is 4.74 Å². The summed E-state index contributed by atoms with van der Waals surface area (Å²) in [4.78, 5) is 0. The van der Waals surface area contributed by atoms with Gasteiger partial charge >= 0.3 is 0 Å². The molecule has 1 unspecified atom stereocenters. The smallest absolute Gasteiger partial charge is 0.123 e. The van der Waals surface area contributed by atoms with Crippen molar-refractivity contribution in [1.29, 1.82) is 0 Å². The summed E-state index contributed by atoms with van der Waals surface area (Å²) in [6.45, 7) is 6.82. The van der Waals surface area contributed by atoms with E-state index in [0.29, 0.717) is 5.92 Å². The van der Waals surface area contributed by atoms with Gasteiger partial charge in [-0.1, -0.05) is 77.8 Å². The lowest BCUT2D eigenvalue weighted by molar-refractivity contribution is -0.0711. The Morgan fingerprint density at radius 3 is 2.11 bits per heavy atom. The van der Waals surface area contributed by atoms with Gasteiger partial charge in [-0.15, -0.1) is 0 Å². The van der Waals surface area contributed by atoms with Crippen LogP contribution in [0.15, 0.2) is 24.3 Å². The summed E-state index contributed by atoms with van der Waals surface area (Å²) in [6, 6.07) is 7.05. The van der Waals surface area contributed by atoms with Crippen LogP contribution in [0, 0.1) is 11.7 Å². The summed E-state index contributed by atoms with van der Waals surface area (Å²) in [5.74, 6) is 0.514. The summed E-state index contributed by atoms with van der Waals surface area (Å²) in [5, 5.41) is 0. The summed E-state index contributed by atoms with van der Waals surface area (Å²) in [5.41, 5.74) is 1.15. The van der Waals surface area contributed by atoms with E-state index in [9.17, 15) is 4.39 Å². The summed E-state index contributed by atoms with van der Waals surface area (Å²) in [7, 11) is 1.90. The highest BCUT2D eigenvalue weighted by Crippen LogP contribution is 2.36. The minimum absolute atomic E-state index is 0.0300. The van der Waals surface area contributed by atoms with Crippen molar-refractivity contribution in [2.75, 3.05) is 7.11 Å². The molecule has 1 nitrogen and oxygen atoms in total. The van der Waals surface area contributed by atoms with E-state index < -0.39 is 0 Å². The molecular weight excluding hydrogens is 335 g/mol. The van der Waals surface area contributed by atoms with Crippen LogP contribution >= 0.6 is 0 Å². The minimum Gasteiger partial charge on any atom is -0.378 e. The van der Waals surface area contributed by atoms with Gasteiger partial charge in [0, 0.05) is 7.11 Å². The fourth-order valence-corrected chi connectivity index (χ4v) is 4.54. The Bertz CT molecular complexity index is 473. The van der Waals surface area contributed by atoms with Crippen molar-refractivity contribution in [2.24, 2.45) is 5.92 Å². The van der Waals surface area contributed by atoms with Crippen LogP contribution in [0.3, 0.4) is 0 Å². The van der Waals surface area contributed by atoms with Crippen LogP contribution in [0.4, 0.5) is 4.39 Å². The first-order valence-corrected chi connectivity index (χ1v) is 11.4. The van der Waals surface area contributed by atoms with Crippen molar-refractivity contribution in [3.05, 3.63) is 35.6 Å². The molecule has 0 amide bonds. The zero-order valence-electron chi connectivity index (χ0n) is 18.4. The van der Waals surface area contributed by atoms with E-state index in [1.807, 2.05) is 19.2 Å². The van der Waals surface area contributed by atoms with Gasteiger partial charge in [0.1, 0.15) is 5.82 Å². The molecule has 0 heterocycles. The normalized spacial score (nSPS) is 13.1. The average molecular weight is 379 g/mol. The molecule has 1 rings (SSSR count). The van der Waals surface area contributed by atoms with Gasteiger partial charge in [0.2, 0.25) is 0 Å². The lowest BCUT2D eigenvalue weighted by Gasteiger charge is -2.39. The van der Waals surface area contributed by atoms with Crippen LogP contribution in [0.5, 0.6) is 0 Å². The highest BCUT2D eigenvalue weighted by molar-refractivity contribution is 5.16. The maximum absolute atomic E-state index is 13.3. The van der Waals surface area contributed by atoms with Crippen molar-refractivity contribution < 1.29 is 9.13 Å². The fraction of sp³-hybridized carbons (Fsp3) is 0.760. The number of halogens is 1. The van der Waals surface area contributed by atoms with Crippen LogP contribution in [0.1, 0.15) is 103 Å². The monoisotopic (exact) mass is 378 g/mol. The number of hydrogen-bond donors (Lipinski definition) is 0. The number of hydrogen-bond acceptors (Lipinski definition) is 1. The second-order valence-corrected chi connectivity index (χ2v) is 8.11. The lowest BCUT2D eigenvalue weighted by Crippen LogP contribution is -2.39. The molecule has 0 fully saturated rings. The van der Waals surface area contributed by atoms with E-state index in [2.05, 4.69) is 20.8 Å². The molecule has 0 radical (unpaired) electrons. The number of aryl methyl sites for hydroxylation is 1. The van der Waals surface area contributed by atoms with Gasteiger partial charge in [-0.3, -0.25) is 0 Å². The third-order valence-corrected chi connectivity index (χ3v) is 6.41. The molecule has 0 aliphatic rings. The Morgan fingerprint density at radius 1 is 0.889 bits per heavy atom. The molecule has 0 saturated carbocycles. The van der Waals surface area contributed by atoms with E-state index in [1.54, 1.807) is 6.07 Å². The number of benzene rings is 1. The Balaban J connectivity index is 2.49. The zero-order chi connectivity index (χ0) is 20.0. The molecule has 1 atom stereocenters. The Morgan fingerprint density at radius 2 is 1.52 bits per heavy atom. The van der Waals surface area contributed by atoms with Gasteiger partial charge in [0.05, 0.1) is 5.60 Å². The van der Waals surface area contributed by atoms with E-state index in [0.717, 1.165) is 31.2 Å². The van der Waals surface area contributed by atoms with Gasteiger partial charge in [-0.25, -0.2) is 4.39 Å². The molecular formula is C25H43FO. The number of ether oxygens (including phenoxy) is 1. The second-order valence-electron chi connectivity index (χ2n) is 8.11. The Kier molecular flexibility index (Phi) is 12.7. The number of unbranched alkanes of at least 4 members (excludes halogenated alkanes) is 6. The predicted molar refractivity (Wildman–Crippen MR) is 116 cm³/mol.